The molecule has 0 saturated carbocycles. The molecule has 2 aromatic heterocycles. The molecule has 0 fully saturated rings. The van der Waals surface area contributed by atoms with Gasteiger partial charge in [-0.1, -0.05) is 0 Å². The number of pyridine rings is 1. The van der Waals surface area contributed by atoms with Crippen LogP contribution >= 0.6 is 0 Å². The van der Waals surface area contributed by atoms with E-state index in [1.165, 1.54) is 6.07 Å². The summed E-state index contributed by atoms with van der Waals surface area (Å²) in [6.45, 7) is 2.05. The number of H-pyrrole nitrogens is 1. The van der Waals surface area contributed by atoms with Gasteiger partial charge in [0, 0.05) is 35.1 Å². The summed E-state index contributed by atoms with van der Waals surface area (Å²) in [5, 5.41) is 15.0. The van der Waals surface area contributed by atoms with E-state index < -0.39 is 11.0 Å². The van der Waals surface area contributed by atoms with Crippen molar-refractivity contribution in [3.8, 4) is 0 Å². The van der Waals surface area contributed by atoms with Gasteiger partial charge in [0.05, 0.1) is 16.8 Å². The van der Waals surface area contributed by atoms with Gasteiger partial charge >= 0.3 is 0 Å². The number of hydrogen-bond donors (Lipinski definition) is 2. The quantitative estimate of drug-likeness (QED) is 0.408. The third kappa shape index (κ3) is 2.76. The molecule has 122 valence electrons. The minimum atomic E-state index is -0.548. The van der Waals surface area contributed by atoms with E-state index in [1.54, 1.807) is 37.6 Å². The first kappa shape index (κ1) is 15.5. The van der Waals surface area contributed by atoms with E-state index in [1.807, 2.05) is 6.07 Å². The lowest BCUT2D eigenvalue weighted by molar-refractivity contribution is -0.383. The van der Waals surface area contributed by atoms with Crippen LogP contribution in [0.3, 0.4) is 0 Å². The highest BCUT2D eigenvalue weighted by atomic mass is 16.6. The molecule has 8 heteroatoms. The molecule has 0 radical (unpaired) electrons. The topological polar surface area (TPSA) is 110 Å². The Labute approximate surface area is 136 Å². The number of hydrogen-bond acceptors (Lipinski definition) is 6. The van der Waals surface area contributed by atoms with Crippen LogP contribution in [0, 0.1) is 10.1 Å². The second-order valence-corrected chi connectivity index (χ2v) is 5.12. The van der Waals surface area contributed by atoms with E-state index in [0.29, 0.717) is 28.6 Å². The zero-order valence-corrected chi connectivity index (χ0v) is 12.7. The molecular weight excluding hydrogens is 312 g/mol. The number of anilines is 2. The van der Waals surface area contributed by atoms with Crippen molar-refractivity contribution in [1.82, 2.24) is 9.97 Å². The molecule has 1 atom stereocenters. The van der Waals surface area contributed by atoms with Crippen molar-refractivity contribution in [2.75, 3.05) is 5.32 Å². The maximum absolute atomic E-state index is 11.3. The van der Waals surface area contributed by atoms with Gasteiger partial charge in [0.1, 0.15) is 11.6 Å². The monoisotopic (exact) mass is 326 g/mol. The van der Waals surface area contributed by atoms with Crippen LogP contribution in [0.2, 0.25) is 0 Å². The van der Waals surface area contributed by atoms with Crippen molar-refractivity contribution < 1.29 is 14.5 Å². The summed E-state index contributed by atoms with van der Waals surface area (Å²) >= 11 is 0. The molecule has 0 amide bonds. The van der Waals surface area contributed by atoms with Crippen LogP contribution in [0.5, 0.6) is 0 Å². The van der Waals surface area contributed by atoms with Gasteiger partial charge in [-0.3, -0.25) is 19.9 Å². The second-order valence-electron chi connectivity index (χ2n) is 5.12. The number of rotatable bonds is 6. The number of aromatic nitrogens is 2. The summed E-state index contributed by atoms with van der Waals surface area (Å²) in [7, 11) is 0. The van der Waals surface area contributed by atoms with Crippen LogP contribution in [0.15, 0.2) is 42.9 Å². The number of benzene rings is 1. The Balaban J connectivity index is 2.17. The Morgan fingerprint density at radius 1 is 1.42 bits per heavy atom. The molecule has 3 aromatic rings. The van der Waals surface area contributed by atoms with Crippen LogP contribution in [0.25, 0.3) is 10.9 Å². The fourth-order valence-corrected chi connectivity index (χ4v) is 2.59. The Hall–Kier alpha value is -3.42. The summed E-state index contributed by atoms with van der Waals surface area (Å²) in [4.78, 5) is 28.4. The van der Waals surface area contributed by atoms with Crippen molar-refractivity contribution in [3.05, 3.63) is 58.5 Å². The Morgan fingerprint density at radius 2 is 2.25 bits per heavy atom. The predicted molar refractivity (Wildman–Crippen MR) is 88.0 cm³/mol. The van der Waals surface area contributed by atoms with E-state index in [0.717, 1.165) is 5.69 Å². The van der Waals surface area contributed by atoms with Crippen molar-refractivity contribution in [3.63, 3.8) is 0 Å². The maximum atomic E-state index is 11.3. The first-order chi connectivity index (χ1) is 11.6. The molecule has 8 nitrogen and oxygen atoms in total. The Morgan fingerprint density at radius 3 is 2.92 bits per heavy atom. The van der Waals surface area contributed by atoms with Gasteiger partial charge < -0.3 is 15.0 Å². The van der Waals surface area contributed by atoms with Gasteiger partial charge in [0.2, 0.25) is 0 Å². The third-order valence-electron chi connectivity index (χ3n) is 3.68. The molecule has 1 aromatic carbocycles. The van der Waals surface area contributed by atoms with Crippen molar-refractivity contribution >= 4 is 34.4 Å². The normalized spacial score (nSPS) is 11.9. The Bertz CT molecular complexity index is 892. The molecule has 0 aliphatic rings. The van der Waals surface area contributed by atoms with E-state index in [-0.39, 0.29) is 5.69 Å². The average Bonchev–Trinajstić information content (AvgIpc) is 3.01. The van der Waals surface area contributed by atoms with Gasteiger partial charge in [0.15, 0.2) is 0 Å². The number of nitrogens with zero attached hydrogens (tertiary/aromatic N) is 2. The molecule has 2 heterocycles. The van der Waals surface area contributed by atoms with E-state index in [2.05, 4.69) is 15.3 Å². The number of nitro groups is 1. The lowest BCUT2D eigenvalue weighted by atomic mass is 10.1. The third-order valence-corrected chi connectivity index (χ3v) is 3.68. The summed E-state index contributed by atoms with van der Waals surface area (Å²) in [5.41, 5.74) is 2.36. The number of nitro benzene ring substituents is 1. The lowest BCUT2D eigenvalue weighted by Gasteiger charge is -2.12. The molecule has 2 N–H and O–H groups in total. The SMILES string of the molecule is CC(OC=O)c1c[nH]c2c([N+](=O)[O-])ccc(Nc3cccnc3)c12. The van der Waals surface area contributed by atoms with Crippen LogP contribution in [-0.2, 0) is 9.53 Å². The number of non-ortho nitro benzene ring substituents is 1. The lowest BCUT2D eigenvalue weighted by Crippen LogP contribution is -2.00. The number of carbonyl (C=O) groups excluding carboxylic acids is 1. The predicted octanol–water partition coefficient (Wildman–Crippen LogP) is 3.45. The fourth-order valence-electron chi connectivity index (χ4n) is 2.59. The minimum absolute atomic E-state index is 0.0497. The second kappa shape index (κ2) is 6.37. The first-order valence-electron chi connectivity index (χ1n) is 7.16. The zero-order chi connectivity index (χ0) is 17.1. The molecule has 24 heavy (non-hydrogen) atoms. The maximum Gasteiger partial charge on any atom is 0.293 e. The highest BCUT2D eigenvalue weighted by Crippen LogP contribution is 2.37. The summed E-state index contributed by atoms with van der Waals surface area (Å²) in [6.07, 6.45) is 4.36. The molecule has 0 saturated heterocycles. The van der Waals surface area contributed by atoms with Gasteiger partial charge in [0.25, 0.3) is 12.2 Å². The van der Waals surface area contributed by atoms with Crippen LogP contribution < -0.4 is 5.32 Å². The number of ether oxygens (including phenoxy) is 1. The number of carbonyl (C=O) groups is 1. The number of fused-ring (bicyclic) bond motifs is 1. The first-order valence-corrected chi connectivity index (χ1v) is 7.16. The van der Waals surface area contributed by atoms with E-state index in [4.69, 9.17) is 4.74 Å². The molecule has 1 unspecified atom stereocenters. The van der Waals surface area contributed by atoms with E-state index in [9.17, 15) is 14.9 Å². The number of nitrogens with one attached hydrogen (secondary N) is 2. The van der Waals surface area contributed by atoms with Gasteiger partial charge in [-0.05, 0) is 25.1 Å². The molecule has 0 bridgehead atoms. The average molecular weight is 326 g/mol. The van der Waals surface area contributed by atoms with Crippen molar-refractivity contribution in [1.29, 1.82) is 0 Å². The highest BCUT2D eigenvalue weighted by Gasteiger charge is 2.22. The van der Waals surface area contributed by atoms with Crippen LogP contribution in [0.1, 0.15) is 18.6 Å². The Kier molecular flexibility index (Phi) is 4.11. The standard InChI is InChI=1S/C16H14N4O4/c1-10(24-9-21)12-8-18-16-14(20(22)23)5-4-13(15(12)16)19-11-3-2-6-17-7-11/h2-10,18-19H,1H3. The zero-order valence-electron chi connectivity index (χ0n) is 12.7. The summed E-state index contributed by atoms with van der Waals surface area (Å²) in [5.74, 6) is 0. The summed E-state index contributed by atoms with van der Waals surface area (Å²) < 4.78 is 4.99. The van der Waals surface area contributed by atoms with E-state index >= 15 is 0 Å². The largest absolute Gasteiger partial charge is 0.460 e. The van der Waals surface area contributed by atoms with Crippen molar-refractivity contribution in [2.45, 2.75) is 13.0 Å². The number of aromatic amines is 1. The molecular formula is C16H14N4O4. The van der Waals surface area contributed by atoms with Crippen LogP contribution in [0.4, 0.5) is 17.1 Å². The molecule has 3 rings (SSSR count). The van der Waals surface area contributed by atoms with Gasteiger partial charge in [-0.15, -0.1) is 0 Å². The van der Waals surface area contributed by atoms with Crippen molar-refractivity contribution in [2.24, 2.45) is 0 Å². The fraction of sp³-hybridized carbons (Fsp3) is 0.125. The highest BCUT2D eigenvalue weighted by molar-refractivity contribution is 6.01. The molecule has 0 spiro atoms. The van der Waals surface area contributed by atoms with Gasteiger partial charge in [-0.25, -0.2) is 0 Å². The molecule has 0 aliphatic heterocycles. The smallest absolute Gasteiger partial charge is 0.293 e. The summed E-state index contributed by atoms with van der Waals surface area (Å²) in [6, 6.07) is 6.66. The van der Waals surface area contributed by atoms with Gasteiger partial charge in [-0.2, -0.15) is 0 Å². The van der Waals surface area contributed by atoms with Crippen LogP contribution in [-0.4, -0.2) is 21.4 Å². The molecule has 0 aliphatic carbocycles. The minimum Gasteiger partial charge on any atom is -0.460 e.